The van der Waals surface area contributed by atoms with Gasteiger partial charge in [-0.15, -0.1) is 5.10 Å². The van der Waals surface area contributed by atoms with E-state index in [1.54, 1.807) is 18.6 Å². The van der Waals surface area contributed by atoms with Gasteiger partial charge in [-0.05, 0) is 34.1 Å². The van der Waals surface area contributed by atoms with Crippen molar-refractivity contribution in [3.63, 3.8) is 0 Å². The van der Waals surface area contributed by atoms with Gasteiger partial charge in [0.2, 0.25) is 5.95 Å². The number of hydrogen-bond acceptors (Lipinski definition) is 6. The molecule has 2 heterocycles. The van der Waals surface area contributed by atoms with Crippen molar-refractivity contribution in [1.82, 2.24) is 19.6 Å². The molecule has 2 rings (SSSR count). The molecule has 0 aliphatic rings. The summed E-state index contributed by atoms with van der Waals surface area (Å²) in [5, 5.41) is 6.81. The zero-order chi connectivity index (χ0) is 9.80. The molecule has 0 amide bonds. The molecule has 2 aromatic rings. The summed E-state index contributed by atoms with van der Waals surface area (Å²) in [6.45, 7) is 0.665. The molecule has 0 spiro atoms. The van der Waals surface area contributed by atoms with Crippen LogP contribution in [0.25, 0.3) is 0 Å². The van der Waals surface area contributed by atoms with Gasteiger partial charge < -0.3 is 5.32 Å². The first-order chi connectivity index (χ1) is 6.84. The molecule has 7 heteroatoms. The zero-order valence-electron chi connectivity index (χ0n) is 7.01. The maximum Gasteiger partial charge on any atom is 0.222 e. The van der Waals surface area contributed by atoms with Crippen molar-refractivity contribution >= 4 is 40.1 Å². The van der Waals surface area contributed by atoms with E-state index in [1.807, 2.05) is 0 Å². The lowest BCUT2D eigenvalue weighted by molar-refractivity contribution is 1.05. The van der Waals surface area contributed by atoms with Crippen LogP contribution in [-0.2, 0) is 6.54 Å². The van der Waals surface area contributed by atoms with Crippen LogP contribution in [0, 0.1) is 3.57 Å². The Morgan fingerprint density at radius 2 is 2.07 bits per heavy atom. The number of aromatic nitrogens is 4. The molecule has 0 aliphatic heterocycles. The Bertz CT molecular complexity index is 387. The van der Waals surface area contributed by atoms with Gasteiger partial charge in [0.1, 0.15) is 0 Å². The van der Waals surface area contributed by atoms with Crippen molar-refractivity contribution in [2.45, 2.75) is 6.54 Å². The Morgan fingerprint density at radius 1 is 1.29 bits per heavy atom. The van der Waals surface area contributed by atoms with Crippen LogP contribution in [0.5, 0.6) is 0 Å². The molecule has 0 atom stereocenters. The Hall–Kier alpha value is -0.830. The highest BCUT2D eigenvalue weighted by Gasteiger charge is 1.98. The third-order valence-electron chi connectivity index (χ3n) is 1.45. The minimum absolute atomic E-state index is 0.624. The van der Waals surface area contributed by atoms with E-state index < -0.39 is 0 Å². The first kappa shape index (κ1) is 9.71. The van der Waals surface area contributed by atoms with Crippen molar-refractivity contribution in [2.75, 3.05) is 5.32 Å². The summed E-state index contributed by atoms with van der Waals surface area (Å²) in [6.07, 6.45) is 5.26. The maximum absolute atomic E-state index is 4.11. The summed E-state index contributed by atoms with van der Waals surface area (Å²) in [4.78, 5) is 9.29. The molecule has 5 nitrogen and oxygen atoms in total. The number of anilines is 1. The largest absolute Gasteiger partial charge is 0.349 e. The molecular weight excluding hydrogens is 313 g/mol. The molecule has 0 aromatic carbocycles. The summed E-state index contributed by atoms with van der Waals surface area (Å²) in [5.41, 5.74) is 0. The van der Waals surface area contributed by atoms with Crippen LogP contribution in [-0.4, -0.2) is 19.6 Å². The summed E-state index contributed by atoms with van der Waals surface area (Å²) < 4.78 is 4.78. The van der Waals surface area contributed by atoms with E-state index in [2.05, 4.69) is 47.5 Å². The predicted octanol–water partition coefficient (Wildman–Crippen LogP) is 1.54. The van der Waals surface area contributed by atoms with E-state index in [4.69, 9.17) is 0 Å². The number of rotatable bonds is 3. The van der Waals surface area contributed by atoms with Gasteiger partial charge in [0.05, 0.1) is 17.6 Å². The lowest BCUT2D eigenvalue weighted by Gasteiger charge is -2.00. The lowest BCUT2D eigenvalue weighted by Crippen LogP contribution is -2.01. The highest BCUT2D eigenvalue weighted by molar-refractivity contribution is 14.1. The average Bonchev–Trinajstić information content (AvgIpc) is 2.70. The van der Waals surface area contributed by atoms with Gasteiger partial charge in [0.15, 0.2) is 0 Å². The lowest BCUT2D eigenvalue weighted by atomic mass is 10.5. The second-order valence-corrected chi connectivity index (χ2v) is 4.58. The summed E-state index contributed by atoms with van der Waals surface area (Å²) in [6, 6.07) is 0. The number of halogens is 1. The van der Waals surface area contributed by atoms with Crippen LogP contribution in [0.2, 0.25) is 0 Å². The average molecular weight is 319 g/mol. The van der Waals surface area contributed by atoms with E-state index in [9.17, 15) is 0 Å². The van der Waals surface area contributed by atoms with Crippen molar-refractivity contribution in [2.24, 2.45) is 0 Å². The standard InChI is InChI=1S/C7H6IN5S/c8-5-1-9-7(10-2-5)11-3-6-4-12-13-14-6/h1-2,4H,3H2,(H,9,10,11). The topological polar surface area (TPSA) is 63.6 Å². The summed E-state index contributed by atoms with van der Waals surface area (Å²) >= 11 is 3.53. The van der Waals surface area contributed by atoms with Crippen molar-refractivity contribution in [3.05, 3.63) is 27.0 Å². The van der Waals surface area contributed by atoms with Gasteiger partial charge >= 0.3 is 0 Å². The Balaban J connectivity index is 1.95. The highest BCUT2D eigenvalue weighted by atomic mass is 127. The molecule has 0 unspecified atom stereocenters. The second-order valence-electron chi connectivity index (χ2n) is 2.46. The van der Waals surface area contributed by atoms with Crippen molar-refractivity contribution in [3.8, 4) is 0 Å². The number of nitrogens with one attached hydrogen (secondary N) is 1. The Labute approximate surface area is 98.3 Å². The second kappa shape index (κ2) is 4.60. The molecule has 0 radical (unpaired) electrons. The maximum atomic E-state index is 4.11. The molecule has 72 valence electrons. The monoisotopic (exact) mass is 319 g/mol. The van der Waals surface area contributed by atoms with Crippen LogP contribution >= 0.6 is 34.1 Å². The molecular formula is C7H6IN5S. The van der Waals surface area contributed by atoms with Gasteiger partial charge in [-0.2, -0.15) is 0 Å². The summed E-state index contributed by atoms with van der Waals surface area (Å²) in [5.74, 6) is 0.624. The van der Waals surface area contributed by atoms with Crippen LogP contribution in [0.3, 0.4) is 0 Å². The minimum Gasteiger partial charge on any atom is -0.349 e. The van der Waals surface area contributed by atoms with Crippen LogP contribution in [0.15, 0.2) is 18.6 Å². The van der Waals surface area contributed by atoms with Gasteiger partial charge in [-0.25, -0.2) is 9.97 Å². The zero-order valence-corrected chi connectivity index (χ0v) is 9.99. The molecule has 14 heavy (non-hydrogen) atoms. The van der Waals surface area contributed by atoms with E-state index in [0.717, 1.165) is 8.45 Å². The fourth-order valence-electron chi connectivity index (χ4n) is 0.835. The number of nitrogens with zero attached hydrogens (tertiary/aromatic N) is 4. The molecule has 2 aromatic heterocycles. The predicted molar refractivity (Wildman–Crippen MR) is 62.0 cm³/mol. The molecule has 0 fully saturated rings. The van der Waals surface area contributed by atoms with E-state index in [0.29, 0.717) is 12.5 Å². The molecule has 0 saturated carbocycles. The SMILES string of the molecule is Ic1cnc(NCc2cnns2)nc1. The van der Waals surface area contributed by atoms with Gasteiger partial charge in [-0.1, -0.05) is 4.49 Å². The first-order valence-electron chi connectivity index (χ1n) is 3.82. The normalized spacial score (nSPS) is 10.1. The third kappa shape index (κ3) is 2.58. The number of hydrogen-bond donors (Lipinski definition) is 1. The van der Waals surface area contributed by atoms with Crippen molar-refractivity contribution in [1.29, 1.82) is 0 Å². The minimum atomic E-state index is 0.624. The van der Waals surface area contributed by atoms with Crippen LogP contribution in [0.4, 0.5) is 5.95 Å². The van der Waals surface area contributed by atoms with Crippen LogP contribution < -0.4 is 5.32 Å². The molecule has 0 saturated heterocycles. The van der Waals surface area contributed by atoms with E-state index in [1.165, 1.54) is 11.5 Å². The van der Waals surface area contributed by atoms with Crippen molar-refractivity contribution < 1.29 is 0 Å². The molecule has 1 N–H and O–H groups in total. The smallest absolute Gasteiger partial charge is 0.222 e. The van der Waals surface area contributed by atoms with E-state index in [-0.39, 0.29) is 0 Å². The van der Waals surface area contributed by atoms with Gasteiger partial charge in [-0.3, -0.25) is 0 Å². The van der Waals surface area contributed by atoms with Gasteiger partial charge in [0, 0.05) is 16.0 Å². The van der Waals surface area contributed by atoms with Crippen LogP contribution in [0.1, 0.15) is 4.88 Å². The van der Waals surface area contributed by atoms with E-state index >= 15 is 0 Å². The molecule has 0 bridgehead atoms. The third-order valence-corrected chi connectivity index (χ3v) is 2.67. The van der Waals surface area contributed by atoms with Gasteiger partial charge in [0.25, 0.3) is 0 Å². The Kier molecular flexibility index (Phi) is 3.19. The fourth-order valence-corrected chi connectivity index (χ4v) is 1.54. The highest BCUT2D eigenvalue weighted by Crippen LogP contribution is 2.06. The first-order valence-corrected chi connectivity index (χ1v) is 5.67. The summed E-state index contributed by atoms with van der Waals surface area (Å²) in [7, 11) is 0. The Morgan fingerprint density at radius 3 is 2.71 bits per heavy atom. The fraction of sp³-hybridized carbons (Fsp3) is 0.143. The molecule has 0 aliphatic carbocycles. The quantitative estimate of drug-likeness (QED) is 0.870.